The predicted molar refractivity (Wildman–Crippen MR) is 220 cm³/mol. The van der Waals surface area contributed by atoms with E-state index in [1.165, 1.54) is 53.1 Å². The van der Waals surface area contributed by atoms with Gasteiger partial charge in [-0.25, -0.2) is 9.98 Å². The Balaban J connectivity index is 1.17. The molecule has 242 valence electrons. The van der Waals surface area contributed by atoms with Crippen molar-refractivity contribution in [2.75, 3.05) is 0 Å². The average Bonchev–Trinajstić information content (AvgIpc) is 3.73. The highest BCUT2D eigenvalue weighted by Gasteiger charge is 2.16. The Hall–Kier alpha value is -6.36. The smallest absolute Gasteiger partial charge is 0.160 e. The number of nitrogens with zero attached hydrogens (tertiary/aromatic N) is 3. The summed E-state index contributed by atoms with van der Waals surface area (Å²) in [6.45, 7) is 6.55. The van der Waals surface area contributed by atoms with E-state index in [2.05, 4.69) is 145 Å². The highest BCUT2D eigenvalue weighted by Crippen LogP contribution is 2.41. The molecule has 0 saturated heterocycles. The summed E-state index contributed by atoms with van der Waals surface area (Å²) in [6.07, 6.45) is 0. The number of thiophene rings is 1. The van der Waals surface area contributed by atoms with Crippen molar-refractivity contribution in [2.24, 2.45) is 9.98 Å². The van der Waals surface area contributed by atoms with Gasteiger partial charge in [-0.3, -0.25) is 0 Å². The Kier molecular flexibility index (Phi) is 7.72. The predicted octanol–water partition coefficient (Wildman–Crippen LogP) is 12.7. The van der Waals surface area contributed by atoms with Gasteiger partial charge in [0.1, 0.15) is 0 Å². The largest absolute Gasteiger partial charge is 0.309 e. The van der Waals surface area contributed by atoms with Crippen molar-refractivity contribution in [1.82, 2.24) is 4.57 Å². The number of benzene rings is 7. The molecule has 0 N–H and O–H groups in total. The topological polar surface area (TPSA) is 29.6 Å². The van der Waals surface area contributed by atoms with Gasteiger partial charge in [-0.1, -0.05) is 128 Å². The number of para-hydroxylation sites is 2. The minimum Gasteiger partial charge on any atom is -0.309 e. The van der Waals surface area contributed by atoms with Gasteiger partial charge >= 0.3 is 0 Å². The summed E-state index contributed by atoms with van der Waals surface area (Å²) in [5, 5.41) is 4.86. The number of aliphatic imine (C=N–C) groups is 2. The number of rotatable bonds is 6. The third-order valence-electron chi connectivity index (χ3n) is 9.56. The summed E-state index contributed by atoms with van der Waals surface area (Å²) < 4.78 is 4.81. The maximum atomic E-state index is 5.13. The van der Waals surface area contributed by atoms with Gasteiger partial charge in [0.05, 0.1) is 16.7 Å². The maximum Gasteiger partial charge on any atom is 0.160 e. The van der Waals surface area contributed by atoms with E-state index < -0.39 is 0 Å². The number of aromatic nitrogens is 1. The second-order valence-corrected chi connectivity index (χ2v) is 13.8. The zero-order valence-electron chi connectivity index (χ0n) is 28.1. The Morgan fingerprint density at radius 3 is 1.92 bits per heavy atom. The lowest BCUT2D eigenvalue weighted by atomic mass is 9.99. The van der Waals surface area contributed by atoms with Crippen LogP contribution in [-0.2, 0) is 0 Å². The lowest BCUT2D eigenvalue weighted by Crippen LogP contribution is -2.04. The molecule has 7 aromatic carbocycles. The fourth-order valence-electron chi connectivity index (χ4n) is 7.09. The van der Waals surface area contributed by atoms with E-state index in [0.717, 1.165) is 28.1 Å². The van der Waals surface area contributed by atoms with Gasteiger partial charge in [-0.15, -0.1) is 11.3 Å². The van der Waals surface area contributed by atoms with E-state index >= 15 is 0 Å². The van der Waals surface area contributed by atoms with Crippen molar-refractivity contribution in [2.45, 2.75) is 6.92 Å². The van der Waals surface area contributed by atoms with Crippen molar-refractivity contribution in [3.8, 4) is 16.8 Å². The first-order valence-corrected chi connectivity index (χ1v) is 17.9. The summed E-state index contributed by atoms with van der Waals surface area (Å²) in [4.78, 5) is 10.2. The number of hydrogen-bond donors (Lipinski definition) is 0. The fourth-order valence-corrected chi connectivity index (χ4v) is 8.20. The van der Waals surface area contributed by atoms with Crippen molar-refractivity contribution in [3.05, 3.63) is 193 Å². The van der Waals surface area contributed by atoms with E-state index in [4.69, 9.17) is 9.98 Å². The third kappa shape index (κ3) is 5.56. The summed E-state index contributed by atoms with van der Waals surface area (Å²) in [6, 6.07) is 59.8. The number of amidine groups is 1. The SMILES string of the molecule is C=C(N=C(N=C(C)c1ccccc1)c1ccccc1)c1cccc2sc3ccc(-c4ccc5c(c4)c4ccccc4n5-c4ccccc4)cc3c12. The van der Waals surface area contributed by atoms with Crippen LogP contribution < -0.4 is 0 Å². The molecule has 0 atom stereocenters. The van der Waals surface area contributed by atoms with E-state index in [-0.39, 0.29) is 0 Å². The first kappa shape index (κ1) is 30.7. The summed E-state index contributed by atoms with van der Waals surface area (Å²) in [5.74, 6) is 0.641. The van der Waals surface area contributed by atoms with Crippen LogP contribution in [0.2, 0.25) is 0 Å². The van der Waals surface area contributed by atoms with Crippen molar-refractivity contribution in [1.29, 1.82) is 0 Å². The Morgan fingerprint density at radius 1 is 0.529 bits per heavy atom. The summed E-state index contributed by atoms with van der Waals surface area (Å²) >= 11 is 1.81. The van der Waals surface area contributed by atoms with Crippen LogP contribution in [0.15, 0.2) is 186 Å². The minimum absolute atomic E-state index is 0.641. The van der Waals surface area contributed by atoms with Gasteiger partial charge in [0.15, 0.2) is 5.84 Å². The Labute approximate surface area is 300 Å². The lowest BCUT2D eigenvalue weighted by molar-refractivity contribution is 1.18. The zero-order chi connectivity index (χ0) is 34.3. The van der Waals surface area contributed by atoms with Gasteiger partial charge in [-0.2, -0.15) is 0 Å². The van der Waals surface area contributed by atoms with Crippen LogP contribution in [0, 0.1) is 0 Å². The molecule has 9 aromatic rings. The molecule has 0 fully saturated rings. The van der Waals surface area contributed by atoms with Crippen molar-refractivity contribution >= 4 is 70.6 Å². The molecule has 0 bridgehead atoms. The van der Waals surface area contributed by atoms with Crippen LogP contribution in [0.25, 0.3) is 64.5 Å². The standard InChI is InChI=1S/C47H33N3S/c1-31(33-15-6-3-7-16-33)48-47(34-17-8-4-9-18-34)49-32(2)38-22-14-24-45-46(38)41-30-36(26-28-44(41)51-45)35-25-27-43-40(29-35)39-21-12-13-23-42(39)50(43)37-19-10-5-11-20-37/h3-30H,2H2,1H3. The van der Waals surface area contributed by atoms with E-state index in [1.54, 1.807) is 11.3 Å². The molecule has 9 rings (SSSR count). The Bertz CT molecular complexity index is 2800. The van der Waals surface area contributed by atoms with Gasteiger partial charge in [0.2, 0.25) is 0 Å². The van der Waals surface area contributed by atoms with Gasteiger partial charge in [0.25, 0.3) is 0 Å². The molecule has 0 spiro atoms. The first-order chi connectivity index (χ1) is 25.1. The molecule has 0 unspecified atom stereocenters. The van der Waals surface area contributed by atoms with Crippen LogP contribution in [-0.4, -0.2) is 16.1 Å². The van der Waals surface area contributed by atoms with Crippen LogP contribution in [0.1, 0.15) is 23.6 Å². The van der Waals surface area contributed by atoms with Gasteiger partial charge in [0, 0.05) is 53.5 Å². The van der Waals surface area contributed by atoms with Gasteiger partial charge < -0.3 is 4.57 Å². The highest BCUT2D eigenvalue weighted by molar-refractivity contribution is 7.25. The maximum absolute atomic E-state index is 5.13. The average molecular weight is 672 g/mol. The second kappa shape index (κ2) is 12.8. The fraction of sp³-hybridized carbons (Fsp3) is 0.0213. The van der Waals surface area contributed by atoms with Crippen LogP contribution in [0.4, 0.5) is 0 Å². The van der Waals surface area contributed by atoms with E-state index in [1.807, 2.05) is 43.3 Å². The molecule has 0 aliphatic heterocycles. The van der Waals surface area contributed by atoms with Crippen molar-refractivity contribution in [3.63, 3.8) is 0 Å². The van der Waals surface area contributed by atoms with E-state index in [9.17, 15) is 0 Å². The molecule has 0 saturated carbocycles. The van der Waals surface area contributed by atoms with Crippen LogP contribution in [0.5, 0.6) is 0 Å². The minimum atomic E-state index is 0.641. The lowest BCUT2D eigenvalue weighted by Gasteiger charge is -2.09. The van der Waals surface area contributed by atoms with Crippen LogP contribution in [0.3, 0.4) is 0 Å². The van der Waals surface area contributed by atoms with Crippen LogP contribution >= 0.6 is 11.3 Å². The monoisotopic (exact) mass is 671 g/mol. The molecule has 4 heteroatoms. The molecule has 3 nitrogen and oxygen atoms in total. The highest BCUT2D eigenvalue weighted by atomic mass is 32.1. The molecule has 0 radical (unpaired) electrons. The molecule has 0 aliphatic rings. The molecular formula is C47H33N3S. The molecule has 2 aromatic heterocycles. The zero-order valence-corrected chi connectivity index (χ0v) is 28.9. The second-order valence-electron chi connectivity index (χ2n) is 12.7. The normalized spacial score (nSPS) is 12.3. The summed E-state index contributed by atoms with van der Waals surface area (Å²) in [5.41, 5.74) is 10.5. The molecule has 51 heavy (non-hydrogen) atoms. The quantitative estimate of drug-likeness (QED) is 0.124. The Morgan fingerprint density at radius 2 is 1.16 bits per heavy atom. The van der Waals surface area contributed by atoms with Crippen molar-refractivity contribution < 1.29 is 0 Å². The number of hydrogen-bond acceptors (Lipinski definition) is 2. The molecular weight excluding hydrogens is 639 g/mol. The molecule has 0 amide bonds. The summed E-state index contributed by atoms with van der Waals surface area (Å²) in [7, 11) is 0. The van der Waals surface area contributed by atoms with Gasteiger partial charge in [-0.05, 0) is 72.1 Å². The first-order valence-electron chi connectivity index (χ1n) is 17.1. The third-order valence-corrected chi connectivity index (χ3v) is 10.7. The molecule has 0 aliphatic carbocycles. The number of fused-ring (bicyclic) bond motifs is 6. The van der Waals surface area contributed by atoms with E-state index in [0.29, 0.717) is 11.5 Å². The molecule has 2 heterocycles.